The number of fused-ring (bicyclic) bond motifs is 1. The van der Waals surface area contributed by atoms with E-state index in [1.807, 2.05) is 0 Å². The average molecular weight is 472 g/mol. The molecule has 2 atom stereocenters. The lowest BCUT2D eigenvalue weighted by atomic mass is 9.88. The minimum Gasteiger partial charge on any atom is -0.462 e. The molecule has 1 aliphatic carbocycles. The van der Waals surface area contributed by atoms with E-state index in [1.54, 1.807) is 32.0 Å². The third-order valence-corrected chi connectivity index (χ3v) is 7.80. The van der Waals surface area contributed by atoms with Crippen molar-refractivity contribution in [2.24, 2.45) is 5.92 Å². The van der Waals surface area contributed by atoms with Crippen molar-refractivity contribution in [3.05, 3.63) is 44.2 Å². The Bertz CT molecular complexity index is 929. The molecule has 0 saturated heterocycles. The molecule has 4 nitrogen and oxygen atoms in total. The van der Waals surface area contributed by atoms with Crippen LogP contribution in [0.15, 0.2) is 23.1 Å². The maximum absolute atomic E-state index is 12.9. The van der Waals surface area contributed by atoms with E-state index in [1.165, 1.54) is 28.0 Å². The number of ether oxygens (including phenoxy) is 1. The van der Waals surface area contributed by atoms with Crippen LogP contribution in [0.25, 0.3) is 0 Å². The highest BCUT2D eigenvalue weighted by atomic mass is 35.5. The Morgan fingerprint density at radius 1 is 1.38 bits per heavy atom. The number of halogens is 2. The van der Waals surface area contributed by atoms with Gasteiger partial charge in [0, 0.05) is 14.8 Å². The third kappa shape index (κ3) is 5.29. The van der Waals surface area contributed by atoms with Crippen molar-refractivity contribution in [2.45, 2.75) is 50.2 Å². The van der Waals surface area contributed by atoms with Crippen molar-refractivity contribution in [1.29, 1.82) is 0 Å². The Labute approximate surface area is 189 Å². The van der Waals surface area contributed by atoms with Crippen LogP contribution in [0.3, 0.4) is 0 Å². The van der Waals surface area contributed by atoms with Gasteiger partial charge in [0.05, 0.1) is 22.4 Å². The fraction of sp³-hybridized carbons (Fsp3) is 0.429. The molecule has 1 aromatic heterocycles. The molecule has 8 heteroatoms. The highest BCUT2D eigenvalue weighted by Gasteiger charge is 2.30. The van der Waals surface area contributed by atoms with Crippen LogP contribution in [0.1, 0.15) is 48.0 Å². The van der Waals surface area contributed by atoms with Crippen molar-refractivity contribution in [1.82, 2.24) is 0 Å². The molecule has 1 N–H and O–H groups in total. The molecule has 1 heterocycles. The van der Waals surface area contributed by atoms with Gasteiger partial charge in [-0.1, -0.05) is 30.1 Å². The molecule has 2 aromatic rings. The summed E-state index contributed by atoms with van der Waals surface area (Å²) in [6.07, 6.45) is 2.78. The molecular formula is C21H23Cl2NO3S2. The van der Waals surface area contributed by atoms with E-state index in [-0.39, 0.29) is 11.9 Å². The molecule has 0 unspecified atom stereocenters. The van der Waals surface area contributed by atoms with Crippen LogP contribution in [-0.2, 0) is 22.4 Å². The Morgan fingerprint density at radius 2 is 2.14 bits per heavy atom. The standard InChI is InChI=1S/C21H23Cl2NO3S2/c1-4-27-21(26)18-14-7-5-11(2)9-16(14)29-20(18)24-19(25)12(3)28-17-10-13(22)6-8-15(17)23/h6,8,10-12H,4-5,7,9H2,1-3H3,(H,24,25)/t11-,12+/m0/s1. The Morgan fingerprint density at radius 3 is 2.86 bits per heavy atom. The molecule has 0 radical (unpaired) electrons. The highest BCUT2D eigenvalue weighted by Crippen LogP contribution is 2.41. The van der Waals surface area contributed by atoms with Crippen molar-refractivity contribution >= 4 is 63.2 Å². The number of carbonyl (C=O) groups is 2. The van der Waals surface area contributed by atoms with Crippen molar-refractivity contribution in [3.8, 4) is 0 Å². The molecular weight excluding hydrogens is 449 g/mol. The normalized spacial score (nSPS) is 16.8. The topological polar surface area (TPSA) is 55.4 Å². The van der Waals surface area contributed by atoms with Crippen LogP contribution in [0.4, 0.5) is 5.00 Å². The van der Waals surface area contributed by atoms with Gasteiger partial charge in [0.25, 0.3) is 0 Å². The first-order valence-electron chi connectivity index (χ1n) is 9.54. The summed E-state index contributed by atoms with van der Waals surface area (Å²) in [5.41, 5.74) is 1.55. The molecule has 1 aliphatic rings. The van der Waals surface area contributed by atoms with E-state index in [0.717, 1.165) is 29.7 Å². The summed E-state index contributed by atoms with van der Waals surface area (Å²) in [6.45, 7) is 6.09. The number of hydrogen-bond donors (Lipinski definition) is 1. The fourth-order valence-corrected chi connectivity index (χ4v) is 6.10. The van der Waals surface area contributed by atoms with E-state index in [4.69, 9.17) is 27.9 Å². The van der Waals surface area contributed by atoms with Gasteiger partial charge >= 0.3 is 5.97 Å². The zero-order valence-corrected chi connectivity index (χ0v) is 19.7. The number of thiophene rings is 1. The summed E-state index contributed by atoms with van der Waals surface area (Å²) in [6, 6.07) is 5.17. The molecule has 1 aromatic carbocycles. The summed E-state index contributed by atoms with van der Waals surface area (Å²) in [4.78, 5) is 27.4. The molecule has 3 rings (SSSR count). The van der Waals surface area contributed by atoms with Gasteiger partial charge in [-0.3, -0.25) is 4.79 Å². The van der Waals surface area contributed by atoms with Gasteiger partial charge in [-0.05, 0) is 62.8 Å². The van der Waals surface area contributed by atoms with Gasteiger partial charge in [0.1, 0.15) is 5.00 Å². The van der Waals surface area contributed by atoms with Gasteiger partial charge < -0.3 is 10.1 Å². The van der Waals surface area contributed by atoms with Gasteiger partial charge in [-0.25, -0.2) is 4.79 Å². The number of amides is 1. The predicted molar refractivity (Wildman–Crippen MR) is 122 cm³/mol. The second kappa shape index (κ2) is 9.73. The van der Waals surface area contributed by atoms with Crippen LogP contribution in [0.2, 0.25) is 10.0 Å². The molecule has 0 fully saturated rings. The zero-order chi connectivity index (χ0) is 21.1. The summed E-state index contributed by atoms with van der Waals surface area (Å²) in [5.74, 6) is 0.00970. The largest absolute Gasteiger partial charge is 0.462 e. The Kier molecular flexibility index (Phi) is 7.54. The SMILES string of the molecule is CCOC(=O)c1c(NC(=O)[C@@H](C)Sc2cc(Cl)ccc2Cl)sc2c1CC[C@H](C)C2. The van der Waals surface area contributed by atoms with Gasteiger partial charge in [0.2, 0.25) is 5.91 Å². The lowest BCUT2D eigenvalue weighted by Crippen LogP contribution is -2.23. The van der Waals surface area contributed by atoms with Crippen molar-refractivity contribution < 1.29 is 14.3 Å². The number of thioether (sulfide) groups is 1. The number of hydrogen-bond acceptors (Lipinski definition) is 5. The quantitative estimate of drug-likeness (QED) is 0.387. The highest BCUT2D eigenvalue weighted by molar-refractivity contribution is 8.00. The maximum atomic E-state index is 12.9. The monoisotopic (exact) mass is 471 g/mol. The van der Waals surface area contributed by atoms with Crippen LogP contribution in [-0.4, -0.2) is 23.7 Å². The van der Waals surface area contributed by atoms with E-state index in [9.17, 15) is 9.59 Å². The molecule has 0 saturated carbocycles. The lowest BCUT2D eigenvalue weighted by Gasteiger charge is -2.18. The van der Waals surface area contributed by atoms with E-state index < -0.39 is 5.25 Å². The smallest absolute Gasteiger partial charge is 0.341 e. The summed E-state index contributed by atoms with van der Waals surface area (Å²) >= 11 is 15.1. The average Bonchev–Trinajstić information content (AvgIpc) is 3.01. The molecule has 0 bridgehead atoms. The number of rotatable bonds is 6. The van der Waals surface area contributed by atoms with Gasteiger partial charge in [0.15, 0.2) is 0 Å². The van der Waals surface area contributed by atoms with E-state index in [2.05, 4.69) is 12.2 Å². The number of esters is 1. The van der Waals surface area contributed by atoms with E-state index >= 15 is 0 Å². The molecule has 0 spiro atoms. The second-order valence-electron chi connectivity index (χ2n) is 7.10. The van der Waals surface area contributed by atoms with Crippen LogP contribution >= 0.6 is 46.3 Å². The predicted octanol–water partition coefficient (Wildman–Crippen LogP) is 6.48. The Hall–Kier alpha value is -1.21. The molecule has 29 heavy (non-hydrogen) atoms. The first-order valence-corrected chi connectivity index (χ1v) is 12.0. The number of benzene rings is 1. The zero-order valence-electron chi connectivity index (χ0n) is 16.5. The second-order valence-corrected chi connectivity index (χ2v) is 10.4. The summed E-state index contributed by atoms with van der Waals surface area (Å²) < 4.78 is 5.27. The lowest BCUT2D eigenvalue weighted by molar-refractivity contribution is -0.115. The number of nitrogens with one attached hydrogen (secondary N) is 1. The van der Waals surface area contributed by atoms with E-state index in [0.29, 0.717) is 33.1 Å². The minimum absolute atomic E-state index is 0.191. The third-order valence-electron chi connectivity index (χ3n) is 4.79. The van der Waals surface area contributed by atoms with Crippen LogP contribution < -0.4 is 5.32 Å². The Balaban J connectivity index is 1.82. The van der Waals surface area contributed by atoms with Crippen LogP contribution in [0, 0.1) is 5.92 Å². The summed E-state index contributed by atoms with van der Waals surface area (Å²) in [7, 11) is 0. The first kappa shape index (κ1) is 22.5. The van der Waals surface area contributed by atoms with Crippen molar-refractivity contribution in [3.63, 3.8) is 0 Å². The molecule has 156 valence electrons. The fourth-order valence-electron chi connectivity index (χ4n) is 3.28. The minimum atomic E-state index is -0.418. The maximum Gasteiger partial charge on any atom is 0.341 e. The van der Waals surface area contributed by atoms with Gasteiger partial charge in [-0.15, -0.1) is 23.1 Å². The van der Waals surface area contributed by atoms with Crippen LogP contribution in [0.5, 0.6) is 0 Å². The summed E-state index contributed by atoms with van der Waals surface area (Å²) in [5, 5.41) is 4.23. The van der Waals surface area contributed by atoms with Gasteiger partial charge in [-0.2, -0.15) is 0 Å². The molecule has 0 aliphatic heterocycles. The molecule has 1 amide bonds. The van der Waals surface area contributed by atoms with Crippen molar-refractivity contribution in [2.75, 3.05) is 11.9 Å². The first-order chi connectivity index (χ1) is 13.8. The number of anilines is 1. The number of carbonyl (C=O) groups excluding carboxylic acids is 2.